The molecule has 1 unspecified atom stereocenters. The molecule has 0 aromatic carbocycles. The molecule has 0 radical (unpaired) electrons. The lowest BCUT2D eigenvalue weighted by atomic mass is 9.88. The highest BCUT2D eigenvalue weighted by molar-refractivity contribution is 7.17. The van der Waals surface area contributed by atoms with Crippen molar-refractivity contribution in [2.45, 2.75) is 46.6 Å². The van der Waals surface area contributed by atoms with Crippen molar-refractivity contribution in [3.8, 4) is 10.8 Å². The van der Waals surface area contributed by atoms with Gasteiger partial charge in [-0.15, -0.1) is 11.3 Å². The average Bonchev–Trinajstić information content (AvgIpc) is 2.93. The van der Waals surface area contributed by atoms with E-state index in [-0.39, 0.29) is 5.41 Å². The number of nitrogens with zero attached hydrogens (tertiary/aromatic N) is 3. The van der Waals surface area contributed by atoms with E-state index in [9.17, 15) is 14.7 Å². The minimum atomic E-state index is -1.04. The van der Waals surface area contributed by atoms with Crippen molar-refractivity contribution in [3.63, 3.8) is 0 Å². The largest absolute Gasteiger partial charge is 0.480 e. The van der Waals surface area contributed by atoms with Crippen LogP contribution in [0.5, 0.6) is 0 Å². The van der Waals surface area contributed by atoms with Crippen LogP contribution >= 0.6 is 11.3 Å². The lowest BCUT2D eigenvalue weighted by Gasteiger charge is -2.21. The van der Waals surface area contributed by atoms with Gasteiger partial charge in [-0.2, -0.15) is 0 Å². The summed E-state index contributed by atoms with van der Waals surface area (Å²) >= 11 is 1.16. The molecule has 2 rings (SSSR count). The molecular weight excluding hydrogens is 340 g/mol. The number of carboxylic acids is 1. The van der Waals surface area contributed by atoms with E-state index in [0.717, 1.165) is 11.3 Å². The molecule has 7 nitrogen and oxygen atoms in total. The number of carboxylic acid groups (broad SMARTS) is 1. The number of carbonyl (C=O) groups excluding carboxylic acids is 1. The summed E-state index contributed by atoms with van der Waals surface area (Å²) in [6.07, 6.45) is 4.27. The lowest BCUT2D eigenvalue weighted by Crippen LogP contribution is -2.41. The van der Waals surface area contributed by atoms with E-state index in [1.807, 2.05) is 20.8 Å². The SMILES string of the molecule is Cc1nc(-c2ncccn2)sc1C(=O)NC(CCC(C)(C)C)C(=O)O. The minimum absolute atomic E-state index is 0.00332. The zero-order chi connectivity index (χ0) is 18.6. The molecule has 134 valence electrons. The first-order valence-electron chi connectivity index (χ1n) is 7.96. The van der Waals surface area contributed by atoms with Gasteiger partial charge in [0.1, 0.15) is 10.9 Å². The van der Waals surface area contributed by atoms with Gasteiger partial charge in [0.2, 0.25) is 0 Å². The Labute approximate surface area is 150 Å². The maximum absolute atomic E-state index is 12.5. The smallest absolute Gasteiger partial charge is 0.326 e. The number of aryl methyl sites for hydroxylation is 1. The zero-order valence-corrected chi connectivity index (χ0v) is 15.6. The Kier molecular flexibility index (Phi) is 5.84. The average molecular weight is 362 g/mol. The second-order valence-electron chi connectivity index (χ2n) is 6.97. The van der Waals surface area contributed by atoms with Crippen molar-refractivity contribution in [1.82, 2.24) is 20.3 Å². The predicted molar refractivity (Wildman–Crippen MR) is 95.5 cm³/mol. The summed E-state index contributed by atoms with van der Waals surface area (Å²) in [6.45, 7) is 7.82. The third-order valence-electron chi connectivity index (χ3n) is 3.55. The second-order valence-corrected chi connectivity index (χ2v) is 7.97. The van der Waals surface area contributed by atoms with E-state index in [1.54, 1.807) is 25.4 Å². The molecule has 1 amide bonds. The molecule has 25 heavy (non-hydrogen) atoms. The summed E-state index contributed by atoms with van der Waals surface area (Å²) in [6, 6.07) is 0.772. The molecule has 0 fully saturated rings. The molecule has 2 aromatic heterocycles. The number of amides is 1. The van der Waals surface area contributed by atoms with Crippen molar-refractivity contribution in [3.05, 3.63) is 29.0 Å². The van der Waals surface area contributed by atoms with Gasteiger partial charge in [-0.3, -0.25) is 4.79 Å². The van der Waals surface area contributed by atoms with Gasteiger partial charge in [0.15, 0.2) is 10.8 Å². The Morgan fingerprint density at radius 1 is 1.28 bits per heavy atom. The lowest BCUT2D eigenvalue weighted by molar-refractivity contribution is -0.139. The van der Waals surface area contributed by atoms with Crippen molar-refractivity contribution < 1.29 is 14.7 Å². The van der Waals surface area contributed by atoms with Crippen LogP contribution in [0, 0.1) is 12.3 Å². The Balaban J connectivity index is 2.14. The number of hydrogen-bond acceptors (Lipinski definition) is 6. The monoisotopic (exact) mass is 362 g/mol. The van der Waals surface area contributed by atoms with E-state index in [1.165, 1.54) is 0 Å². The standard InChI is InChI=1S/C17H22N4O3S/c1-10-12(25-15(20-10)13-18-8-5-9-19-13)14(22)21-11(16(23)24)6-7-17(2,3)4/h5,8-9,11H,6-7H2,1-4H3,(H,21,22)(H,23,24). The third-order valence-corrected chi connectivity index (χ3v) is 4.70. The molecule has 0 aliphatic carbocycles. The van der Waals surface area contributed by atoms with Crippen LogP contribution in [0.3, 0.4) is 0 Å². The maximum atomic E-state index is 12.5. The van der Waals surface area contributed by atoms with Gasteiger partial charge < -0.3 is 10.4 Å². The summed E-state index contributed by atoms with van der Waals surface area (Å²) in [5.41, 5.74) is 0.529. The minimum Gasteiger partial charge on any atom is -0.480 e. The van der Waals surface area contributed by atoms with Crippen LogP contribution in [0.25, 0.3) is 10.8 Å². The number of aromatic nitrogens is 3. The van der Waals surface area contributed by atoms with Crippen LogP contribution in [0.4, 0.5) is 0 Å². The first-order valence-corrected chi connectivity index (χ1v) is 8.77. The number of rotatable bonds is 6. The van der Waals surface area contributed by atoms with Gasteiger partial charge in [-0.1, -0.05) is 20.8 Å². The number of aliphatic carboxylic acids is 1. The van der Waals surface area contributed by atoms with Crippen LogP contribution < -0.4 is 5.32 Å². The highest BCUT2D eigenvalue weighted by atomic mass is 32.1. The van der Waals surface area contributed by atoms with Gasteiger partial charge >= 0.3 is 5.97 Å². The van der Waals surface area contributed by atoms with Crippen LogP contribution in [-0.2, 0) is 4.79 Å². The molecule has 0 aliphatic heterocycles. The molecule has 2 heterocycles. The van der Waals surface area contributed by atoms with E-state index < -0.39 is 17.9 Å². The molecule has 0 saturated carbocycles. The fraction of sp³-hybridized carbons (Fsp3) is 0.471. The number of hydrogen-bond donors (Lipinski definition) is 2. The summed E-state index contributed by atoms with van der Waals surface area (Å²) in [5, 5.41) is 12.5. The summed E-state index contributed by atoms with van der Waals surface area (Å²) in [7, 11) is 0. The molecule has 8 heteroatoms. The Morgan fingerprint density at radius 3 is 2.48 bits per heavy atom. The predicted octanol–water partition coefficient (Wildman–Crippen LogP) is 2.92. The van der Waals surface area contributed by atoms with Crippen LogP contribution in [0.1, 0.15) is 49.0 Å². The van der Waals surface area contributed by atoms with Gasteiger partial charge in [0.05, 0.1) is 5.69 Å². The zero-order valence-electron chi connectivity index (χ0n) is 14.7. The summed E-state index contributed by atoms with van der Waals surface area (Å²) in [5.74, 6) is -1.03. The molecule has 2 aromatic rings. The quantitative estimate of drug-likeness (QED) is 0.818. The third kappa shape index (κ3) is 5.32. The van der Waals surface area contributed by atoms with Crippen LogP contribution in [0.15, 0.2) is 18.5 Å². The highest BCUT2D eigenvalue weighted by Gasteiger charge is 2.25. The van der Waals surface area contributed by atoms with Gasteiger partial charge in [0.25, 0.3) is 5.91 Å². The van der Waals surface area contributed by atoms with Crippen molar-refractivity contribution >= 4 is 23.2 Å². The topological polar surface area (TPSA) is 105 Å². The number of nitrogens with one attached hydrogen (secondary N) is 1. The van der Waals surface area contributed by atoms with E-state index >= 15 is 0 Å². The molecular formula is C17H22N4O3S. The Morgan fingerprint density at radius 2 is 1.92 bits per heavy atom. The van der Waals surface area contributed by atoms with Gasteiger partial charge in [-0.05, 0) is 31.2 Å². The van der Waals surface area contributed by atoms with E-state index in [0.29, 0.717) is 34.2 Å². The number of thiazole rings is 1. The highest BCUT2D eigenvalue weighted by Crippen LogP contribution is 2.26. The Hall–Kier alpha value is -2.35. The van der Waals surface area contributed by atoms with Crippen molar-refractivity contribution in [1.29, 1.82) is 0 Å². The maximum Gasteiger partial charge on any atom is 0.326 e. The molecule has 1 atom stereocenters. The summed E-state index contributed by atoms with van der Waals surface area (Å²) < 4.78 is 0. The molecule has 0 aliphatic rings. The normalized spacial score (nSPS) is 12.6. The molecule has 0 bridgehead atoms. The summed E-state index contributed by atoms with van der Waals surface area (Å²) in [4.78, 5) is 36.9. The van der Waals surface area contributed by atoms with Crippen molar-refractivity contribution in [2.24, 2.45) is 5.41 Å². The van der Waals surface area contributed by atoms with E-state index in [2.05, 4.69) is 20.3 Å². The fourth-order valence-corrected chi connectivity index (χ4v) is 3.09. The van der Waals surface area contributed by atoms with Gasteiger partial charge in [-0.25, -0.2) is 19.7 Å². The Bertz CT molecular complexity index is 753. The fourth-order valence-electron chi connectivity index (χ4n) is 2.17. The number of carbonyl (C=O) groups is 2. The van der Waals surface area contributed by atoms with Crippen LogP contribution in [0.2, 0.25) is 0 Å². The van der Waals surface area contributed by atoms with Crippen molar-refractivity contribution in [2.75, 3.05) is 0 Å². The van der Waals surface area contributed by atoms with Gasteiger partial charge in [0, 0.05) is 12.4 Å². The van der Waals surface area contributed by atoms with E-state index in [4.69, 9.17) is 0 Å². The first kappa shape index (κ1) is 19.0. The molecule has 2 N–H and O–H groups in total. The van der Waals surface area contributed by atoms with Crippen LogP contribution in [-0.4, -0.2) is 38.0 Å². The second kappa shape index (κ2) is 7.69. The first-order chi connectivity index (χ1) is 11.7. The molecule has 0 spiro atoms. The molecule has 0 saturated heterocycles.